The van der Waals surface area contributed by atoms with E-state index < -0.39 is 47.9 Å². The molecule has 0 aromatic heterocycles. The van der Waals surface area contributed by atoms with E-state index in [2.05, 4.69) is 16.0 Å². The average Bonchev–Trinajstić information content (AvgIpc) is 2.71. The number of rotatable bonds is 11. The van der Waals surface area contributed by atoms with Crippen molar-refractivity contribution in [2.45, 2.75) is 65.2 Å². The van der Waals surface area contributed by atoms with Gasteiger partial charge < -0.3 is 31.9 Å². The molecule has 3 amide bonds. The van der Waals surface area contributed by atoms with Gasteiger partial charge in [-0.15, -0.1) is 0 Å². The van der Waals surface area contributed by atoms with Crippen molar-refractivity contribution in [2.24, 2.45) is 17.6 Å². The monoisotopic (exact) mass is 450 g/mol. The number of carbonyl (C=O) groups is 4. The highest BCUT2D eigenvalue weighted by molar-refractivity contribution is 5.94. The van der Waals surface area contributed by atoms with Gasteiger partial charge in [-0.25, -0.2) is 0 Å². The summed E-state index contributed by atoms with van der Waals surface area (Å²) in [6, 6.07) is 2.05. The van der Waals surface area contributed by atoms with E-state index in [1.54, 1.807) is 39.8 Å². The molecule has 32 heavy (non-hydrogen) atoms. The SMILES string of the molecule is CC(NC(=O)C(Cc1ccc(O)cc1)NC(=O)C(NC(=O)C(N)C(C)C)C(C)C)C(=O)O. The topological polar surface area (TPSA) is 171 Å². The summed E-state index contributed by atoms with van der Waals surface area (Å²) < 4.78 is 0. The molecule has 1 aromatic rings. The summed E-state index contributed by atoms with van der Waals surface area (Å²) in [4.78, 5) is 49.2. The minimum Gasteiger partial charge on any atom is -0.508 e. The maximum Gasteiger partial charge on any atom is 0.325 e. The number of amides is 3. The summed E-state index contributed by atoms with van der Waals surface area (Å²) in [6.07, 6.45) is 0.0501. The fraction of sp³-hybridized carbons (Fsp3) is 0.545. The first-order chi connectivity index (χ1) is 14.8. The summed E-state index contributed by atoms with van der Waals surface area (Å²) in [5.74, 6) is -3.36. The van der Waals surface area contributed by atoms with Crippen molar-refractivity contribution >= 4 is 23.7 Å². The van der Waals surface area contributed by atoms with Crippen LogP contribution in [0.1, 0.15) is 40.2 Å². The van der Waals surface area contributed by atoms with E-state index in [-0.39, 0.29) is 24.0 Å². The number of hydrogen-bond acceptors (Lipinski definition) is 6. The second-order valence-electron chi connectivity index (χ2n) is 8.50. The highest BCUT2D eigenvalue weighted by Gasteiger charge is 2.31. The number of hydrogen-bond donors (Lipinski definition) is 6. The van der Waals surface area contributed by atoms with Gasteiger partial charge in [-0.05, 0) is 36.5 Å². The van der Waals surface area contributed by atoms with Gasteiger partial charge in [-0.1, -0.05) is 39.8 Å². The van der Waals surface area contributed by atoms with Crippen molar-refractivity contribution in [1.29, 1.82) is 0 Å². The lowest BCUT2D eigenvalue weighted by Crippen LogP contribution is -2.59. The van der Waals surface area contributed by atoms with E-state index in [1.165, 1.54) is 19.1 Å². The van der Waals surface area contributed by atoms with Gasteiger partial charge in [0.25, 0.3) is 0 Å². The number of nitrogens with two attached hydrogens (primary N) is 1. The Morgan fingerprint density at radius 2 is 1.41 bits per heavy atom. The summed E-state index contributed by atoms with van der Waals surface area (Å²) in [6.45, 7) is 8.37. The molecule has 0 radical (unpaired) electrons. The van der Waals surface area contributed by atoms with E-state index in [4.69, 9.17) is 10.8 Å². The van der Waals surface area contributed by atoms with E-state index in [0.29, 0.717) is 5.56 Å². The highest BCUT2D eigenvalue weighted by atomic mass is 16.4. The Balaban J connectivity index is 3.06. The molecule has 0 aliphatic heterocycles. The zero-order valence-electron chi connectivity index (χ0n) is 19.1. The van der Waals surface area contributed by atoms with Crippen molar-refractivity contribution in [3.05, 3.63) is 29.8 Å². The number of benzene rings is 1. The first kappa shape index (κ1) is 26.9. The summed E-state index contributed by atoms with van der Waals surface area (Å²) in [5, 5.41) is 26.1. The lowest BCUT2D eigenvalue weighted by Gasteiger charge is -2.27. The van der Waals surface area contributed by atoms with Crippen LogP contribution in [0.5, 0.6) is 5.75 Å². The zero-order valence-corrected chi connectivity index (χ0v) is 19.1. The molecule has 0 aliphatic rings. The van der Waals surface area contributed by atoms with Gasteiger partial charge in [-0.2, -0.15) is 0 Å². The number of carboxylic acid groups (broad SMARTS) is 1. The lowest BCUT2D eigenvalue weighted by atomic mass is 9.99. The summed E-state index contributed by atoms with van der Waals surface area (Å²) in [7, 11) is 0. The smallest absolute Gasteiger partial charge is 0.325 e. The normalized spacial score (nSPS) is 14.9. The molecule has 0 aliphatic carbocycles. The van der Waals surface area contributed by atoms with Gasteiger partial charge >= 0.3 is 5.97 Å². The van der Waals surface area contributed by atoms with Crippen LogP contribution >= 0.6 is 0 Å². The van der Waals surface area contributed by atoms with Gasteiger partial charge in [0.05, 0.1) is 6.04 Å². The second-order valence-corrected chi connectivity index (χ2v) is 8.50. The van der Waals surface area contributed by atoms with Crippen molar-refractivity contribution in [1.82, 2.24) is 16.0 Å². The minimum atomic E-state index is -1.22. The molecular formula is C22H34N4O6. The molecule has 0 saturated carbocycles. The molecule has 1 aromatic carbocycles. The number of aromatic hydroxyl groups is 1. The van der Waals surface area contributed by atoms with Crippen LogP contribution in [0.2, 0.25) is 0 Å². The molecule has 178 valence electrons. The largest absolute Gasteiger partial charge is 0.508 e. The van der Waals surface area contributed by atoms with Gasteiger partial charge in [-0.3, -0.25) is 19.2 Å². The van der Waals surface area contributed by atoms with Crippen molar-refractivity contribution in [2.75, 3.05) is 0 Å². The fourth-order valence-electron chi connectivity index (χ4n) is 2.80. The van der Waals surface area contributed by atoms with Gasteiger partial charge in [0.15, 0.2) is 0 Å². The molecular weight excluding hydrogens is 416 g/mol. The molecule has 0 bridgehead atoms. The number of phenolic OH excluding ortho intramolecular Hbond substituents is 1. The molecule has 4 atom stereocenters. The number of carboxylic acids is 1. The highest BCUT2D eigenvalue weighted by Crippen LogP contribution is 2.12. The van der Waals surface area contributed by atoms with Crippen molar-refractivity contribution < 1.29 is 29.4 Å². The molecule has 10 heteroatoms. The Bertz CT molecular complexity index is 809. The molecule has 10 nitrogen and oxygen atoms in total. The number of phenols is 1. The summed E-state index contributed by atoms with van der Waals surface area (Å²) >= 11 is 0. The van der Waals surface area contributed by atoms with Gasteiger partial charge in [0, 0.05) is 6.42 Å². The fourth-order valence-corrected chi connectivity index (χ4v) is 2.80. The van der Waals surface area contributed by atoms with Crippen LogP contribution in [0.4, 0.5) is 0 Å². The zero-order chi connectivity index (χ0) is 24.6. The Labute approximate surface area is 187 Å². The first-order valence-corrected chi connectivity index (χ1v) is 10.5. The third-order valence-electron chi connectivity index (χ3n) is 5.01. The Kier molecular flexibility index (Phi) is 10.1. The average molecular weight is 451 g/mol. The standard InChI is InChI=1S/C22H34N4O6/c1-11(2)17(23)20(29)26-18(12(3)4)21(30)25-16(19(28)24-13(5)22(31)32)10-14-6-8-15(27)9-7-14/h6-9,11-13,16-18,27H,10,23H2,1-5H3,(H,24,28)(H,25,30)(H,26,29)(H,31,32). The second kappa shape index (κ2) is 12.0. The molecule has 4 unspecified atom stereocenters. The van der Waals surface area contributed by atoms with Crippen LogP contribution in [-0.4, -0.2) is 58.1 Å². The Morgan fingerprint density at radius 1 is 0.844 bits per heavy atom. The molecule has 7 N–H and O–H groups in total. The molecule has 0 heterocycles. The van der Waals surface area contributed by atoms with E-state index >= 15 is 0 Å². The van der Waals surface area contributed by atoms with Crippen LogP contribution < -0.4 is 21.7 Å². The van der Waals surface area contributed by atoms with Crippen LogP contribution in [0.3, 0.4) is 0 Å². The van der Waals surface area contributed by atoms with Crippen LogP contribution in [0.25, 0.3) is 0 Å². The Hall–Kier alpha value is -3.14. The summed E-state index contributed by atoms with van der Waals surface area (Å²) in [5.41, 5.74) is 6.51. The molecule has 0 spiro atoms. The van der Waals surface area contributed by atoms with E-state index in [0.717, 1.165) is 0 Å². The minimum absolute atomic E-state index is 0.0439. The molecule has 0 fully saturated rings. The third-order valence-corrected chi connectivity index (χ3v) is 5.01. The van der Waals surface area contributed by atoms with Crippen molar-refractivity contribution in [3.63, 3.8) is 0 Å². The molecule has 0 saturated heterocycles. The predicted molar refractivity (Wildman–Crippen MR) is 119 cm³/mol. The number of nitrogens with one attached hydrogen (secondary N) is 3. The number of aliphatic carboxylic acids is 1. The number of carbonyl (C=O) groups excluding carboxylic acids is 3. The van der Waals surface area contributed by atoms with Gasteiger partial charge in [0.2, 0.25) is 17.7 Å². The van der Waals surface area contributed by atoms with Crippen LogP contribution in [0.15, 0.2) is 24.3 Å². The van der Waals surface area contributed by atoms with Gasteiger partial charge in [0.1, 0.15) is 23.9 Å². The lowest BCUT2D eigenvalue weighted by molar-refractivity contribution is -0.141. The molecule has 1 rings (SSSR count). The Morgan fingerprint density at radius 3 is 1.88 bits per heavy atom. The van der Waals surface area contributed by atoms with E-state index in [9.17, 15) is 24.3 Å². The maximum atomic E-state index is 13.0. The van der Waals surface area contributed by atoms with Crippen LogP contribution in [0, 0.1) is 11.8 Å². The first-order valence-electron chi connectivity index (χ1n) is 10.5. The quantitative estimate of drug-likeness (QED) is 0.278. The predicted octanol–water partition coefficient (Wildman–Crippen LogP) is 0.133. The van der Waals surface area contributed by atoms with E-state index in [1.807, 2.05) is 0 Å². The van der Waals surface area contributed by atoms with Crippen LogP contribution in [-0.2, 0) is 25.6 Å². The van der Waals surface area contributed by atoms with Crippen molar-refractivity contribution in [3.8, 4) is 5.75 Å². The maximum absolute atomic E-state index is 13.0. The third kappa shape index (κ3) is 8.18.